The highest BCUT2D eigenvalue weighted by Gasteiger charge is 2.49. The normalized spacial score (nSPS) is 16.3. The quantitative estimate of drug-likeness (QED) is 0.161. The zero-order valence-electron chi connectivity index (χ0n) is 34.3. The standard InChI is InChI=1S/C59H40N2O2/c1-5-17-39(18-6-1)41-21-15-23-43(35-41)51-38-52(61-58(60-51)45-24-16-22-42(36-45)40-19-7-2-8-20-40)44-31-33-53-55(37-44)62-54-34-32-50-56(57(54)63-53)48-29-13-14-30-49(48)59(50,46-25-9-3-10-26-46)47-27-11-4-12-28-47/h1-38,53,55H. The van der Waals surface area contributed by atoms with Gasteiger partial charge in [-0.15, -0.1) is 0 Å². The third-order valence-electron chi connectivity index (χ3n) is 12.7. The Morgan fingerprint density at radius 3 is 1.65 bits per heavy atom. The molecule has 2 aliphatic carbocycles. The van der Waals surface area contributed by atoms with E-state index in [4.69, 9.17) is 19.4 Å². The van der Waals surface area contributed by atoms with Gasteiger partial charge < -0.3 is 9.47 Å². The van der Waals surface area contributed by atoms with Crippen molar-refractivity contribution in [3.8, 4) is 67.5 Å². The first kappa shape index (κ1) is 36.7. The van der Waals surface area contributed by atoms with Crippen molar-refractivity contribution in [1.29, 1.82) is 0 Å². The molecule has 12 rings (SSSR count). The van der Waals surface area contributed by atoms with Crippen molar-refractivity contribution in [3.63, 3.8) is 0 Å². The molecule has 0 saturated heterocycles. The van der Waals surface area contributed by atoms with Crippen molar-refractivity contribution in [1.82, 2.24) is 9.97 Å². The van der Waals surface area contributed by atoms with Gasteiger partial charge in [-0.05, 0) is 92.1 Å². The fourth-order valence-electron chi connectivity index (χ4n) is 9.82. The molecule has 2 atom stereocenters. The Morgan fingerprint density at radius 2 is 0.968 bits per heavy atom. The van der Waals surface area contributed by atoms with Crippen LogP contribution in [0, 0.1) is 0 Å². The number of ether oxygens (including phenoxy) is 2. The minimum Gasteiger partial charge on any atom is -0.478 e. The molecule has 0 bridgehead atoms. The predicted octanol–water partition coefficient (Wildman–Crippen LogP) is 13.7. The summed E-state index contributed by atoms with van der Waals surface area (Å²) in [6, 6.07) is 74.8. The molecule has 2 unspecified atom stereocenters. The molecule has 0 N–H and O–H groups in total. The smallest absolute Gasteiger partial charge is 0.170 e. The van der Waals surface area contributed by atoms with Gasteiger partial charge in [0.1, 0.15) is 0 Å². The molecule has 0 radical (unpaired) electrons. The van der Waals surface area contributed by atoms with E-state index in [1.165, 1.54) is 22.3 Å². The third-order valence-corrected chi connectivity index (χ3v) is 12.7. The summed E-state index contributed by atoms with van der Waals surface area (Å²) in [5.41, 5.74) is 15.7. The van der Waals surface area contributed by atoms with E-state index in [-0.39, 0.29) is 12.2 Å². The van der Waals surface area contributed by atoms with Crippen LogP contribution >= 0.6 is 0 Å². The molecule has 298 valence electrons. The molecular formula is C59H40N2O2. The summed E-state index contributed by atoms with van der Waals surface area (Å²) in [6.07, 6.45) is 5.70. The maximum absolute atomic E-state index is 7.09. The highest BCUT2D eigenvalue weighted by atomic mass is 16.6. The maximum Gasteiger partial charge on any atom is 0.170 e. The minimum absolute atomic E-state index is 0.339. The van der Waals surface area contributed by atoms with E-state index >= 15 is 0 Å². The topological polar surface area (TPSA) is 44.2 Å². The van der Waals surface area contributed by atoms with E-state index in [0.29, 0.717) is 5.82 Å². The Hall–Kier alpha value is -8.08. The van der Waals surface area contributed by atoms with Crippen LogP contribution in [0.4, 0.5) is 0 Å². The molecule has 0 saturated carbocycles. The predicted molar refractivity (Wildman–Crippen MR) is 253 cm³/mol. The van der Waals surface area contributed by atoms with Gasteiger partial charge in [-0.2, -0.15) is 0 Å². The molecule has 9 aromatic rings. The van der Waals surface area contributed by atoms with E-state index in [2.05, 4.69) is 218 Å². The molecule has 1 aromatic heterocycles. The van der Waals surface area contributed by atoms with Crippen LogP contribution in [0.2, 0.25) is 0 Å². The highest BCUT2D eigenvalue weighted by Crippen LogP contribution is 2.61. The van der Waals surface area contributed by atoms with Gasteiger partial charge in [-0.1, -0.05) is 194 Å². The monoisotopic (exact) mass is 808 g/mol. The van der Waals surface area contributed by atoms with Crippen LogP contribution in [0.3, 0.4) is 0 Å². The summed E-state index contributed by atoms with van der Waals surface area (Å²) < 4.78 is 14.1. The van der Waals surface area contributed by atoms with Crippen molar-refractivity contribution in [2.45, 2.75) is 17.6 Å². The Labute approximate surface area is 367 Å². The number of benzene rings is 8. The zero-order valence-corrected chi connectivity index (χ0v) is 34.3. The second kappa shape index (κ2) is 15.1. The Morgan fingerprint density at radius 1 is 0.413 bits per heavy atom. The summed E-state index contributed by atoms with van der Waals surface area (Å²) in [5.74, 6) is 2.16. The number of aromatic nitrogens is 2. The molecule has 2 heterocycles. The molecule has 0 spiro atoms. The third kappa shape index (κ3) is 6.22. The van der Waals surface area contributed by atoms with Gasteiger partial charge in [0, 0.05) is 16.7 Å². The van der Waals surface area contributed by atoms with Crippen LogP contribution in [0.5, 0.6) is 11.5 Å². The zero-order chi connectivity index (χ0) is 41.7. The van der Waals surface area contributed by atoms with E-state index < -0.39 is 5.41 Å². The van der Waals surface area contributed by atoms with Gasteiger partial charge in [0.2, 0.25) is 0 Å². The van der Waals surface area contributed by atoms with Gasteiger partial charge in [0.25, 0.3) is 0 Å². The van der Waals surface area contributed by atoms with Gasteiger partial charge in [0.15, 0.2) is 29.5 Å². The summed E-state index contributed by atoms with van der Waals surface area (Å²) in [6.45, 7) is 0. The largest absolute Gasteiger partial charge is 0.478 e. The molecular weight excluding hydrogens is 769 g/mol. The van der Waals surface area contributed by atoms with Crippen LogP contribution in [-0.2, 0) is 5.41 Å². The Bertz CT molecular complexity index is 3090. The average Bonchev–Trinajstić information content (AvgIpc) is 3.68. The van der Waals surface area contributed by atoms with E-state index in [0.717, 1.165) is 73.0 Å². The van der Waals surface area contributed by atoms with Crippen molar-refractivity contribution < 1.29 is 9.47 Å². The summed E-state index contributed by atoms with van der Waals surface area (Å²) in [4.78, 5) is 10.5. The molecule has 0 fully saturated rings. The molecule has 63 heavy (non-hydrogen) atoms. The fraction of sp³-hybridized carbons (Fsp3) is 0.0508. The first-order valence-corrected chi connectivity index (χ1v) is 21.5. The fourth-order valence-corrected chi connectivity index (χ4v) is 9.82. The SMILES string of the molecule is C1=CC2Oc3c(ccc4c3-c3ccccc3C4(c3ccccc3)c3ccccc3)OC2C=C1c1cc(-c2cccc(-c3ccccc3)c2)nc(-c2cccc(-c3ccccc3)c2)n1. The maximum atomic E-state index is 7.09. The van der Waals surface area contributed by atoms with Crippen molar-refractivity contribution in [3.05, 3.63) is 258 Å². The molecule has 0 amide bonds. The first-order chi connectivity index (χ1) is 31.2. The second-order valence-corrected chi connectivity index (χ2v) is 16.3. The average molecular weight is 809 g/mol. The second-order valence-electron chi connectivity index (χ2n) is 16.3. The number of hydrogen-bond donors (Lipinski definition) is 0. The van der Waals surface area contributed by atoms with Crippen LogP contribution in [0.1, 0.15) is 27.9 Å². The van der Waals surface area contributed by atoms with Gasteiger partial charge >= 0.3 is 0 Å². The van der Waals surface area contributed by atoms with E-state index in [9.17, 15) is 0 Å². The summed E-state index contributed by atoms with van der Waals surface area (Å²) in [5, 5.41) is 0. The van der Waals surface area contributed by atoms with Crippen LogP contribution in [-0.4, -0.2) is 22.2 Å². The van der Waals surface area contributed by atoms with Crippen molar-refractivity contribution in [2.75, 3.05) is 0 Å². The van der Waals surface area contributed by atoms with Crippen LogP contribution in [0.25, 0.3) is 61.6 Å². The van der Waals surface area contributed by atoms with Crippen LogP contribution in [0.15, 0.2) is 231 Å². The van der Waals surface area contributed by atoms with Gasteiger partial charge in [-0.25, -0.2) is 9.97 Å². The van der Waals surface area contributed by atoms with E-state index in [1.807, 2.05) is 12.1 Å². The number of rotatable bonds is 7. The first-order valence-electron chi connectivity index (χ1n) is 21.5. The number of allylic oxidation sites excluding steroid dienone is 2. The minimum atomic E-state index is -0.525. The Balaban J connectivity index is 0.957. The van der Waals surface area contributed by atoms with Crippen LogP contribution < -0.4 is 9.47 Å². The lowest BCUT2D eigenvalue weighted by Gasteiger charge is -2.36. The lowest BCUT2D eigenvalue weighted by atomic mass is 9.68. The van der Waals surface area contributed by atoms with Gasteiger partial charge in [-0.3, -0.25) is 0 Å². The lowest BCUT2D eigenvalue weighted by molar-refractivity contribution is 0.0767. The molecule has 8 aromatic carbocycles. The van der Waals surface area contributed by atoms with E-state index in [1.54, 1.807) is 0 Å². The molecule has 3 aliphatic rings. The molecule has 4 nitrogen and oxygen atoms in total. The Kier molecular flexibility index (Phi) is 8.82. The summed E-state index contributed by atoms with van der Waals surface area (Å²) >= 11 is 0. The number of hydrogen-bond acceptors (Lipinski definition) is 4. The number of fused-ring (bicyclic) bond motifs is 6. The molecule has 4 heteroatoms. The van der Waals surface area contributed by atoms with Gasteiger partial charge in [0.05, 0.1) is 16.8 Å². The van der Waals surface area contributed by atoms with Crippen molar-refractivity contribution in [2.24, 2.45) is 0 Å². The molecule has 1 aliphatic heterocycles. The highest BCUT2D eigenvalue weighted by molar-refractivity contribution is 5.91. The lowest BCUT2D eigenvalue weighted by Crippen LogP contribution is -2.39. The summed E-state index contributed by atoms with van der Waals surface area (Å²) in [7, 11) is 0. The number of nitrogens with zero attached hydrogens (tertiary/aromatic N) is 2. The van der Waals surface area contributed by atoms with Crippen molar-refractivity contribution >= 4 is 5.57 Å².